The molecular formula is C10H11FOS. The highest BCUT2D eigenvalue weighted by Gasteiger charge is 2.43. The van der Waals surface area contributed by atoms with E-state index in [0.29, 0.717) is 0 Å². The number of halogens is 1. The van der Waals surface area contributed by atoms with Gasteiger partial charge >= 0.3 is 0 Å². The normalized spacial score (nSPS) is 18.7. The van der Waals surface area contributed by atoms with Crippen LogP contribution in [0.3, 0.4) is 0 Å². The van der Waals surface area contributed by atoms with Crippen LogP contribution in [0.25, 0.3) is 0 Å². The molecule has 1 aromatic carbocycles. The third kappa shape index (κ3) is 1.58. The fourth-order valence-electron chi connectivity index (χ4n) is 1.43. The number of aliphatic hydroxyl groups is 1. The van der Waals surface area contributed by atoms with Crippen LogP contribution in [0.2, 0.25) is 0 Å². The summed E-state index contributed by atoms with van der Waals surface area (Å²) in [6.07, 6.45) is 3.44. The molecule has 70 valence electrons. The maximum Gasteiger partial charge on any atom is 0.123 e. The Hall–Kier alpha value is -0.540. The molecule has 0 atom stereocenters. The second-order valence-corrected chi connectivity index (χ2v) is 4.22. The topological polar surface area (TPSA) is 20.2 Å². The summed E-state index contributed by atoms with van der Waals surface area (Å²) in [5, 5.41) is 9.86. The van der Waals surface area contributed by atoms with E-state index in [1.54, 1.807) is 17.8 Å². The standard InChI is InChI=1S/C10H11FOS/c1-13-9-3-2-7(11)6-8(9)10(12)4-5-10/h2-3,6,12H,4-5H2,1H3. The second-order valence-electron chi connectivity index (χ2n) is 3.38. The molecule has 2 rings (SSSR count). The minimum absolute atomic E-state index is 0.270. The largest absolute Gasteiger partial charge is 0.385 e. The summed E-state index contributed by atoms with van der Waals surface area (Å²) < 4.78 is 12.9. The molecule has 1 aromatic rings. The Morgan fingerprint density at radius 2 is 2.15 bits per heavy atom. The van der Waals surface area contributed by atoms with Crippen molar-refractivity contribution in [1.82, 2.24) is 0 Å². The van der Waals surface area contributed by atoms with Crippen molar-refractivity contribution in [1.29, 1.82) is 0 Å². The van der Waals surface area contributed by atoms with E-state index < -0.39 is 5.60 Å². The smallest absolute Gasteiger partial charge is 0.123 e. The predicted molar refractivity (Wildman–Crippen MR) is 51.3 cm³/mol. The molecule has 0 heterocycles. The van der Waals surface area contributed by atoms with E-state index in [9.17, 15) is 9.50 Å². The van der Waals surface area contributed by atoms with Gasteiger partial charge in [0, 0.05) is 4.90 Å². The van der Waals surface area contributed by atoms with Crippen LogP contribution in [-0.4, -0.2) is 11.4 Å². The van der Waals surface area contributed by atoms with Crippen molar-refractivity contribution >= 4 is 11.8 Å². The van der Waals surface area contributed by atoms with Gasteiger partial charge in [0.15, 0.2) is 0 Å². The van der Waals surface area contributed by atoms with Gasteiger partial charge in [-0.1, -0.05) is 0 Å². The molecule has 3 heteroatoms. The van der Waals surface area contributed by atoms with Crippen LogP contribution >= 0.6 is 11.8 Å². The highest BCUT2D eigenvalue weighted by Crippen LogP contribution is 2.48. The van der Waals surface area contributed by atoms with E-state index in [-0.39, 0.29) is 5.82 Å². The third-order valence-electron chi connectivity index (χ3n) is 2.39. The Balaban J connectivity index is 2.47. The van der Waals surface area contributed by atoms with Crippen molar-refractivity contribution in [3.8, 4) is 0 Å². The Morgan fingerprint density at radius 1 is 1.46 bits per heavy atom. The van der Waals surface area contributed by atoms with E-state index in [1.807, 2.05) is 6.26 Å². The van der Waals surface area contributed by atoms with Crippen molar-refractivity contribution in [3.05, 3.63) is 29.6 Å². The first-order chi connectivity index (χ1) is 6.15. The van der Waals surface area contributed by atoms with Gasteiger partial charge < -0.3 is 5.11 Å². The minimum Gasteiger partial charge on any atom is -0.385 e. The fourth-order valence-corrected chi connectivity index (χ4v) is 2.10. The molecule has 13 heavy (non-hydrogen) atoms. The van der Waals surface area contributed by atoms with Crippen LogP contribution in [0, 0.1) is 5.82 Å². The monoisotopic (exact) mass is 198 g/mol. The summed E-state index contributed by atoms with van der Waals surface area (Å²) in [6, 6.07) is 4.60. The van der Waals surface area contributed by atoms with Gasteiger partial charge in [-0.05, 0) is 42.9 Å². The zero-order valence-corrected chi connectivity index (χ0v) is 8.20. The molecule has 0 amide bonds. The van der Waals surface area contributed by atoms with Crippen LogP contribution in [0.15, 0.2) is 23.1 Å². The maximum absolute atomic E-state index is 12.9. The van der Waals surface area contributed by atoms with Crippen molar-refractivity contribution in [3.63, 3.8) is 0 Å². The van der Waals surface area contributed by atoms with Gasteiger partial charge in [-0.2, -0.15) is 0 Å². The average Bonchev–Trinajstić information content (AvgIpc) is 2.85. The van der Waals surface area contributed by atoms with Gasteiger partial charge in [0.05, 0.1) is 5.60 Å². The first-order valence-electron chi connectivity index (χ1n) is 4.22. The predicted octanol–water partition coefficient (Wildman–Crippen LogP) is 2.53. The van der Waals surface area contributed by atoms with Gasteiger partial charge in [0.2, 0.25) is 0 Å². The summed E-state index contributed by atoms with van der Waals surface area (Å²) in [5.41, 5.74) is 0.0143. The molecule has 1 fully saturated rings. The maximum atomic E-state index is 12.9. The third-order valence-corrected chi connectivity index (χ3v) is 3.18. The summed E-state index contributed by atoms with van der Waals surface area (Å²) in [7, 11) is 0. The van der Waals surface area contributed by atoms with E-state index >= 15 is 0 Å². The zero-order chi connectivity index (χ0) is 9.47. The van der Waals surface area contributed by atoms with Crippen molar-refractivity contribution in [2.45, 2.75) is 23.3 Å². The second kappa shape index (κ2) is 3.00. The van der Waals surface area contributed by atoms with Crippen LogP contribution in [0.4, 0.5) is 4.39 Å². The molecule has 1 aliphatic rings. The number of benzene rings is 1. The Labute approximate surface area is 81.0 Å². The van der Waals surface area contributed by atoms with Crippen molar-refractivity contribution in [2.75, 3.05) is 6.26 Å². The quantitative estimate of drug-likeness (QED) is 0.737. The molecule has 0 unspecified atom stereocenters. The SMILES string of the molecule is CSc1ccc(F)cc1C1(O)CC1. The zero-order valence-electron chi connectivity index (χ0n) is 7.38. The average molecular weight is 198 g/mol. The van der Waals surface area contributed by atoms with E-state index in [1.165, 1.54) is 12.1 Å². The summed E-state index contributed by atoms with van der Waals surface area (Å²) >= 11 is 1.54. The molecule has 0 spiro atoms. The molecule has 1 nitrogen and oxygen atoms in total. The Kier molecular flexibility index (Phi) is 2.08. The van der Waals surface area contributed by atoms with Gasteiger partial charge in [0.1, 0.15) is 5.82 Å². The number of hydrogen-bond donors (Lipinski definition) is 1. The molecular weight excluding hydrogens is 187 g/mol. The summed E-state index contributed by atoms with van der Waals surface area (Å²) in [6.45, 7) is 0. The molecule has 0 bridgehead atoms. The molecule has 1 aliphatic carbocycles. The van der Waals surface area contributed by atoms with Crippen molar-refractivity contribution < 1.29 is 9.50 Å². The van der Waals surface area contributed by atoms with Crippen LogP contribution in [-0.2, 0) is 5.60 Å². The van der Waals surface area contributed by atoms with Gasteiger partial charge in [-0.25, -0.2) is 4.39 Å². The van der Waals surface area contributed by atoms with E-state index in [2.05, 4.69) is 0 Å². The molecule has 1 saturated carbocycles. The van der Waals surface area contributed by atoms with E-state index in [0.717, 1.165) is 23.3 Å². The molecule has 0 radical (unpaired) electrons. The Bertz CT molecular complexity index is 334. The lowest BCUT2D eigenvalue weighted by atomic mass is 10.1. The highest BCUT2D eigenvalue weighted by atomic mass is 32.2. The number of hydrogen-bond acceptors (Lipinski definition) is 2. The molecule has 0 saturated heterocycles. The van der Waals surface area contributed by atoms with Gasteiger partial charge in [-0.3, -0.25) is 0 Å². The first-order valence-corrected chi connectivity index (χ1v) is 5.44. The molecule has 0 aliphatic heterocycles. The number of rotatable bonds is 2. The summed E-state index contributed by atoms with van der Waals surface area (Å²) in [4.78, 5) is 0.974. The molecule has 0 aromatic heterocycles. The van der Waals surface area contributed by atoms with Gasteiger partial charge in [0.25, 0.3) is 0 Å². The van der Waals surface area contributed by atoms with E-state index in [4.69, 9.17) is 0 Å². The lowest BCUT2D eigenvalue weighted by molar-refractivity contribution is 0.148. The number of thioether (sulfide) groups is 1. The summed E-state index contributed by atoms with van der Waals surface area (Å²) in [5.74, 6) is -0.270. The van der Waals surface area contributed by atoms with Crippen LogP contribution in [0.5, 0.6) is 0 Å². The van der Waals surface area contributed by atoms with Crippen molar-refractivity contribution in [2.24, 2.45) is 0 Å². The Morgan fingerprint density at radius 3 is 2.69 bits per heavy atom. The minimum atomic E-state index is -0.736. The van der Waals surface area contributed by atoms with Crippen LogP contribution < -0.4 is 0 Å². The first kappa shape index (κ1) is 9.03. The van der Waals surface area contributed by atoms with Gasteiger partial charge in [-0.15, -0.1) is 11.8 Å². The van der Waals surface area contributed by atoms with Crippen LogP contribution in [0.1, 0.15) is 18.4 Å². The fraction of sp³-hybridized carbons (Fsp3) is 0.400. The lowest BCUT2D eigenvalue weighted by Gasteiger charge is -2.12. The highest BCUT2D eigenvalue weighted by molar-refractivity contribution is 7.98. The lowest BCUT2D eigenvalue weighted by Crippen LogP contribution is -2.06. The molecule has 1 N–H and O–H groups in total.